The molecule has 4 amide bonds. The fraction of sp³-hybridized carbons (Fsp3) is 0.478. The van der Waals surface area contributed by atoms with Gasteiger partial charge in [-0.3, -0.25) is 14.9 Å². The number of hydrogen-bond acceptors (Lipinski definition) is 9. The molecule has 6 N–H and O–H groups in total. The van der Waals surface area contributed by atoms with Crippen LogP contribution in [0.1, 0.15) is 33.6 Å². The molecule has 2 unspecified atom stereocenters. The number of quaternary nitrogens is 1. The molecule has 0 bridgehead atoms. The van der Waals surface area contributed by atoms with Crippen molar-refractivity contribution in [3.05, 3.63) is 24.3 Å². The third kappa shape index (κ3) is 6.59. The number of carboxylic acid groups (broad SMARTS) is 1. The number of carbonyl (C=O) groups excluding carboxylic acids is 4. The second-order valence-electron chi connectivity index (χ2n) is 9.69. The standard InChI is InChI=1S/C23H31N7O7/c1-23(2,3)37-22(36)29-15-8-5-4-7-14(15)27-20(29)25-9-6-10-30(18(32)12-26-21(30)35)13-17(31)28-16(24)11-19(33)34/h4-5,7-8,16H,6,9-13,24H2,1-3H3,(H3-,25,26,27,28,31,33,34,35)/p+1. The number of aliphatic carboxylic acids is 1. The summed E-state index contributed by atoms with van der Waals surface area (Å²) in [4.78, 5) is 65.8. The molecule has 3 rings (SSSR count). The van der Waals surface area contributed by atoms with Crippen molar-refractivity contribution in [2.24, 2.45) is 5.73 Å². The van der Waals surface area contributed by atoms with Crippen molar-refractivity contribution in [3.8, 4) is 0 Å². The van der Waals surface area contributed by atoms with Crippen LogP contribution in [0.2, 0.25) is 0 Å². The molecule has 1 aliphatic heterocycles. The minimum absolute atomic E-state index is 0.0219. The molecule has 2 heterocycles. The van der Waals surface area contributed by atoms with Gasteiger partial charge in [0.05, 0.1) is 30.2 Å². The van der Waals surface area contributed by atoms with Crippen LogP contribution < -0.4 is 21.7 Å². The first-order chi connectivity index (χ1) is 17.3. The van der Waals surface area contributed by atoms with Crippen LogP contribution in [-0.4, -0.2) is 87.0 Å². The number of aromatic nitrogens is 2. The number of ether oxygens (including phenoxy) is 1. The molecule has 1 fully saturated rings. The summed E-state index contributed by atoms with van der Waals surface area (Å²) in [6, 6.07) is 6.42. The molecule has 1 saturated heterocycles. The van der Waals surface area contributed by atoms with Crippen LogP contribution in [0.5, 0.6) is 0 Å². The fourth-order valence-corrected chi connectivity index (χ4v) is 3.96. The number of anilines is 1. The zero-order chi connectivity index (χ0) is 27.4. The molecule has 2 aromatic rings. The Balaban J connectivity index is 1.71. The number of urea groups is 1. The number of para-hydroxylation sites is 2. The highest BCUT2D eigenvalue weighted by atomic mass is 16.6. The highest BCUT2D eigenvalue weighted by Gasteiger charge is 2.51. The zero-order valence-electron chi connectivity index (χ0n) is 20.9. The molecular formula is C23H32N7O7+. The van der Waals surface area contributed by atoms with Crippen molar-refractivity contribution < 1.29 is 38.3 Å². The summed E-state index contributed by atoms with van der Waals surface area (Å²) in [5, 5.41) is 16.6. The quantitative estimate of drug-likeness (QED) is 0.128. The van der Waals surface area contributed by atoms with E-state index >= 15 is 0 Å². The van der Waals surface area contributed by atoms with Crippen LogP contribution in [0.15, 0.2) is 24.3 Å². The number of imidazole rings is 1. The van der Waals surface area contributed by atoms with Gasteiger partial charge in [0, 0.05) is 13.0 Å². The fourth-order valence-electron chi connectivity index (χ4n) is 3.96. The maximum atomic E-state index is 12.9. The Bertz CT molecular complexity index is 1200. The van der Waals surface area contributed by atoms with E-state index in [-0.39, 0.29) is 32.0 Å². The van der Waals surface area contributed by atoms with E-state index in [0.717, 1.165) is 0 Å². The highest BCUT2D eigenvalue weighted by molar-refractivity contribution is 5.95. The molecule has 0 spiro atoms. The number of hydrogen-bond donors (Lipinski definition) is 5. The van der Waals surface area contributed by atoms with Crippen molar-refractivity contribution in [2.45, 2.75) is 45.4 Å². The van der Waals surface area contributed by atoms with Crippen molar-refractivity contribution in [2.75, 3.05) is 31.5 Å². The summed E-state index contributed by atoms with van der Waals surface area (Å²) in [5.41, 5.74) is 5.99. The number of benzene rings is 1. The lowest BCUT2D eigenvalue weighted by Crippen LogP contribution is -2.60. The topological polar surface area (TPSA) is 195 Å². The van der Waals surface area contributed by atoms with Gasteiger partial charge in [0.2, 0.25) is 5.95 Å². The molecule has 2 atom stereocenters. The highest BCUT2D eigenvalue weighted by Crippen LogP contribution is 2.22. The molecule has 0 radical (unpaired) electrons. The van der Waals surface area contributed by atoms with Crippen LogP contribution in [0.4, 0.5) is 15.5 Å². The number of rotatable bonds is 10. The summed E-state index contributed by atoms with van der Waals surface area (Å²) in [6.45, 7) is 4.71. The maximum absolute atomic E-state index is 12.9. The predicted octanol–water partition coefficient (Wildman–Crippen LogP) is 0.564. The minimum atomic E-state index is -1.20. The molecule has 200 valence electrons. The van der Waals surface area contributed by atoms with E-state index in [0.29, 0.717) is 11.0 Å². The average Bonchev–Trinajstić information content (AvgIpc) is 3.27. The molecule has 14 nitrogen and oxygen atoms in total. The van der Waals surface area contributed by atoms with Gasteiger partial charge in [-0.25, -0.2) is 23.9 Å². The monoisotopic (exact) mass is 518 g/mol. The zero-order valence-corrected chi connectivity index (χ0v) is 20.9. The Morgan fingerprint density at radius 3 is 2.59 bits per heavy atom. The Kier molecular flexibility index (Phi) is 8.13. The van der Waals surface area contributed by atoms with Crippen molar-refractivity contribution >= 4 is 46.9 Å². The Morgan fingerprint density at radius 1 is 1.27 bits per heavy atom. The van der Waals surface area contributed by atoms with Gasteiger partial charge in [-0.2, -0.15) is 4.48 Å². The normalized spacial score (nSPS) is 18.4. The first-order valence-electron chi connectivity index (χ1n) is 11.7. The third-order valence-electron chi connectivity index (χ3n) is 5.55. The number of carbonyl (C=O) groups is 5. The van der Waals surface area contributed by atoms with E-state index in [2.05, 4.69) is 20.9 Å². The number of imide groups is 1. The van der Waals surface area contributed by atoms with E-state index in [1.807, 2.05) is 0 Å². The molecule has 37 heavy (non-hydrogen) atoms. The third-order valence-corrected chi connectivity index (χ3v) is 5.55. The number of fused-ring (bicyclic) bond motifs is 1. The first kappa shape index (κ1) is 27.5. The van der Waals surface area contributed by atoms with E-state index in [9.17, 15) is 24.0 Å². The number of nitrogens with zero attached hydrogens (tertiary/aromatic N) is 3. The van der Waals surface area contributed by atoms with Crippen LogP contribution in [-0.2, 0) is 19.1 Å². The van der Waals surface area contributed by atoms with Crippen LogP contribution in [0.25, 0.3) is 11.0 Å². The van der Waals surface area contributed by atoms with E-state index < -0.39 is 59.1 Å². The molecular weight excluding hydrogens is 486 g/mol. The van der Waals surface area contributed by atoms with Crippen LogP contribution >= 0.6 is 0 Å². The van der Waals surface area contributed by atoms with Crippen molar-refractivity contribution in [3.63, 3.8) is 0 Å². The second kappa shape index (κ2) is 10.9. The molecule has 0 saturated carbocycles. The number of nitrogens with one attached hydrogen (secondary N) is 3. The SMILES string of the molecule is CC(C)(C)OC(=O)n1c(NCCC[N+]2(CC(=O)NC(N)CC(=O)O)C(=O)CNC2=O)nc2ccccc21. The predicted molar refractivity (Wildman–Crippen MR) is 131 cm³/mol. The van der Waals surface area contributed by atoms with Crippen LogP contribution in [0, 0.1) is 0 Å². The smallest absolute Gasteiger partial charge is 0.425 e. The van der Waals surface area contributed by atoms with Crippen molar-refractivity contribution in [1.82, 2.24) is 20.2 Å². The number of nitrogens with two attached hydrogens (primary N) is 1. The lowest BCUT2D eigenvalue weighted by Gasteiger charge is -2.27. The van der Waals surface area contributed by atoms with E-state index in [4.69, 9.17) is 15.6 Å². The number of amides is 4. The molecule has 1 aromatic heterocycles. The summed E-state index contributed by atoms with van der Waals surface area (Å²) < 4.78 is 6.05. The van der Waals surface area contributed by atoms with Gasteiger partial charge >= 0.3 is 24.0 Å². The number of carboxylic acids is 1. The molecule has 14 heteroatoms. The van der Waals surface area contributed by atoms with Gasteiger partial charge in [0.15, 0.2) is 6.54 Å². The lowest BCUT2D eigenvalue weighted by atomic mass is 10.2. The second-order valence-corrected chi connectivity index (χ2v) is 9.69. The molecule has 1 aromatic carbocycles. The minimum Gasteiger partial charge on any atom is -0.481 e. The van der Waals surface area contributed by atoms with Gasteiger partial charge in [-0.1, -0.05) is 12.1 Å². The van der Waals surface area contributed by atoms with Gasteiger partial charge in [0.1, 0.15) is 12.1 Å². The Hall–Kier alpha value is -4.04. The van der Waals surface area contributed by atoms with Gasteiger partial charge in [-0.15, -0.1) is 0 Å². The Labute approximate surface area is 212 Å². The summed E-state index contributed by atoms with van der Waals surface area (Å²) >= 11 is 0. The molecule has 1 aliphatic rings. The summed E-state index contributed by atoms with van der Waals surface area (Å²) in [6.07, 6.45) is -2.02. The van der Waals surface area contributed by atoms with Gasteiger partial charge in [-0.05, 0) is 32.9 Å². The Morgan fingerprint density at radius 2 is 1.97 bits per heavy atom. The maximum Gasteiger partial charge on any atom is 0.425 e. The lowest BCUT2D eigenvalue weighted by molar-refractivity contribution is -0.758. The first-order valence-corrected chi connectivity index (χ1v) is 11.7. The van der Waals surface area contributed by atoms with Crippen molar-refractivity contribution in [1.29, 1.82) is 0 Å². The summed E-state index contributed by atoms with van der Waals surface area (Å²) in [7, 11) is 0. The summed E-state index contributed by atoms with van der Waals surface area (Å²) in [5.74, 6) is -2.18. The average molecular weight is 519 g/mol. The van der Waals surface area contributed by atoms with E-state index in [1.54, 1.807) is 45.0 Å². The van der Waals surface area contributed by atoms with Gasteiger partial charge < -0.3 is 26.2 Å². The largest absolute Gasteiger partial charge is 0.481 e. The molecule has 0 aliphatic carbocycles. The van der Waals surface area contributed by atoms with E-state index in [1.165, 1.54) is 4.57 Å². The van der Waals surface area contributed by atoms with Crippen LogP contribution in [0.3, 0.4) is 0 Å². The van der Waals surface area contributed by atoms with Gasteiger partial charge in [0.25, 0.3) is 5.91 Å².